The first-order chi connectivity index (χ1) is 13.2. The Morgan fingerprint density at radius 3 is 2.00 bits per heavy atom. The summed E-state index contributed by atoms with van der Waals surface area (Å²) in [5.41, 5.74) is 7.10. The molecule has 0 saturated carbocycles. The highest BCUT2D eigenvalue weighted by Gasteiger charge is 2.29. The third-order valence-electron chi connectivity index (χ3n) is 4.09. The zero-order valence-corrected chi connectivity index (χ0v) is 17.3. The summed E-state index contributed by atoms with van der Waals surface area (Å²) in [7, 11) is 0. The minimum atomic E-state index is -0.690. The van der Waals surface area contributed by atoms with Gasteiger partial charge in [-0.05, 0) is 34.6 Å². The second kappa shape index (κ2) is 8.92. The molecule has 0 atom stereocenters. The van der Waals surface area contributed by atoms with Crippen molar-refractivity contribution in [2.45, 2.75) is 41.2 Å². The number of rotatable bonds is 7. The Morgan fingerprint density at radius 2 is 1.46 bits per heavy atom. The lowest BCUT2D eigenvalue weighted by Crippen LogP contribution is -2.14. The first-order valence-corrected chi connectivity index (χ1v) is 9.53. The Labute approximate surface area is 166 Å². The monoisotopic (exact) mass is 409 g/mol. The van der Waals surface area contributed by atoms with Crippen molar-refractivity contribution in [3.8, 4) is 0 Å². The molecule has 0 aliphatic carbocycles. The number of hydrogen-bond acceptors (Lipinski definition) is 9. The van der Waals surface area contributed by atoms with Gasteiger partial charge in [-0.1, -0.05) is 0 Å². The predicted octanol–water partition coefficient (Wildman–Crippen LogP) is 3.56. The van der Waals surface area contributed by atoms with Gasteiger partial charge >= 0.3 is 17.9 Å². The number of carbonyl (C=O) groups excluding carboxylic acids is 3. The number of esters is 3. The van der Waals surface area contributed by atoms with Gasteiger partial charge in [0.15, 0.2) is 0 Å². The van der Waals surface area contributed by atoms with Crippen LogP contribution in [0.25, 0.3) is 0 Å². The molecule has 0 unspecified atom stereocenters. The highest BCUT2D eigenvalue weighted by molar-refractivity contribution is 7.18. The Bertz CT molecular complexity index is 910. The normalized spacial score (nSPS) is 10.6. The summed E-state index contributed by atoms with van der Waals surface area (Å²) in [6, 6.07) is 0. The smallest absolute Gasteiger partial charge is 0.348 e. The van der Waals surface area contributed by atoms with Gasteiger partial charge < -0.3 is 24.4 Å². The number of nitrogen functional groups attached to an aromatic ring is 1. The van der Waals surface area contributed by atoms with E-state index >= 15 is 0 Å². The molecule has 0 radical (unpaired) electrons. The number of ether oxygens (including phenoxy) is 3. The quantitative estimate of drug-likeness (QED) is 0.545. The number of thiophene rings is 1. The Morgan fingerprint density at radius 1 is 0.893 bits per heavy atom. The van der Waals surface area contributed by atoms with Crippen molar-refractivity contribution in [3.63, 3.8) is 0 Å². The van der Waals surface area contributed by atoms with E-state index in [0.717, 1.165) is 11.3 Å². The maximum Gasteiger partial charge on any atom is 0.348 e. The van der Waals surface area contributed by atoms with E-state index < -0.39 is 17.9 Å². The van der Waals surface area contributed by atoms with E-state index in [-0.39, 0.29) is 40.8 Å². The van der Waals surface area contributed by atoms with E-state index in [4.69, 9.17) is 24.4 Å². The van der Waals surface area contributed by atoms with Crippen LogP contribution < -0.4 is 5.73 Å². The maximum absolute atomic E-state index is 12.6. The van der Waals surface area contributed by atoms with Crippen molar-refractivity contribution >= 4 is 34.2 Å². The van der Waals surface area contributed by atoms with E-state index in [1.165, 1.54) is 0 Å². The van der Waals surface area contributed by atoms with Crippen molar-refractivity contribution in [2.75, 3.05) is 18.9 Å². The number of carbonyl (C=O) groups is 3. The molecule has 2 aromatic rings. The van der Waals surface area contributed by atoms with Crippen LogP contribution in [0, 0.1) is 20.8 Å². The molecular weight excluding hydrogens is 386 g/mol. The molecule has 2 rings (SSSR count). The number of nitrogens with two attached hydrogens (primary N) is 1. The van der Waals surface area contributed by atoms with Crippen LogP contribution in [0.4, 0.5) is 5.00 Å². The molecule has 2 aromatic heterocycles. The number of aryl methyl sites for hydroxylation is 2. The fourth-order valence-electron chi connectivity index (χ4n) is 2.72. The second-order valence-corrected chi connectivity index (χ2v) is 6.93. The summed E-state index contributed by atoms with van der Waals surface area (Å²) < 4.78 is 20.9. The molecule has 152 valence electrons. The molecule has 0 aliphatic heterocycles. The first-order valence-electron chi connectivity index (χ1n) is 8.71. The average Bonchev–Trinajstić information content (AvgIpc) is 3.09. The molecule has 28 heavy (non-hydrogen) atoms. The Hall–Kier alpha value is -2.81. The van der Waals surface area contributed by atoms with Crippen LogP contribution >= 0.6 is 11.3 Å². The van der Waals surface area contributed by atoms with Crippen LogP contribution in [0.3, 0.4) is 0 Å². The van der Waals surface area contributed by atoms with Crippen molar-refractivity contribution in [3.05, 3.63) is 38.7 Å². The minimum absolute atomic E-state index is 0.0134. The second-order valence-electron chi connectivity index (χ2n) is 5.88. The van der Waals surface area contributed by atoms with Gasteiger partial charge in [0, 0.05) is 11.1 Å². The molecule has 0 spiro atoms. The van der Waals surface area contributed by atoms with Gasteiger partial charge in [0.1, 0.15) is 39.1 Å². The maximum atomic E-state index is 12.6. The number of anilines is 1. The zero-order valence-electron chi connectivity index (χ0n) is 16.5. The lowest BCUT2D eigenvalue weighted by Gasteiger charge is -2.09. The van der Waals surface area contributed by atoms with E-state index in [1.54, 1.807) is 34.6 Å². The molecule has 9 heteroatoms. The van der Waals surface area contributed by atoms with Crippen LogP contribution in [-0.4, -0.2) is 31.1 Å². The summed E-state index contributed by atoms with van der Waals surface area (Å²) >= 11 is 0.894. The van der Waals surface area contributed by atoms with Gasteiger partial charge in [-0.2, -0.15) is 0 Å². The Kier molecular flexibility index (Phi) is 6.85. The predicted molar refractivity (Wildman–Crippen MR) is 103 cm³/mol. The van der Waals surface area contributed by atoms with Crippen molar-refractivity contribution < 1.29 is 33.0 Å². The fraction of sp³-hybridized carbons (Fsp3) is 0.421. The molecule has 0 bridgehead atoms. The van der Waals surface area contributed by atoms with Gasteiger partial charge in [-0.25, -0.2) is 14.4 Å². The molecule has 0 saturated heterocycles. The van der Waals surface area contributed by atoms with E-state index in [1.807, 2.05) is 0 Å². The lowest BCUT2D eigenvalue weighted by atomic mass is 10.1. The molecular formula is C19H23NO7S. The topological polar surface area (TPSA) is 118 Å². The van der Waals surface area contributed by atoms with Crippen molar-refractivity contribution in [1.82, 2.24) is 0 Å². The standard InChI is InChI=1S/C19H23NO7S/c1-6-24-18(22)14-12(15(28-16(14)20)19(23)25-7-2)8-26-17(21)13-9(3)10(4)27-11(13)5/h6-8,20H2,1-5H3. The SMILES string of the molecule is CCOC(=O)c1sc(N)c(C(=O)OCC)c1COC(=O)c1c(C)oc(C)c1C. The summed E-state index contributed by atoms with van der Waals surface area (Å²) in [6.07, 6.45) is 0. The van der Waals surface area contributed by atoms with Crippen molar-refractivity contribution in [1.29, 1.82) is 0 Å². The van der Waals surface area contributed by atoms with E-state index in [9.17, 15) is 14.4 Å². The van der Waals surface area contributed by atoms with Gasteiger partial charge in [0.2, 0.25) is 0 Å². The highest BCUT2D eigenvalue weighted by atomic mass is 32.1. The molecule has 2 heterocycles. The Balaban J connectivity index is 2.37. The molecule has 0 aliphatic rings. The molecule has 0 aromatic carbocycles. The van der Waals surface area contributed by atoms with E-state index in [2.05, 4.69) is 0 Å². The zero-order chi connectivity index (χ0) is 21.0. The van der Waals surface area contributed by atoms with Crippen molar-refractivity contribution in [2.24, 2.45) is 0 Å². The fourth-order valence-corrected chi connectivity index (χ4v) is 3.67. The average molecular weight is 409 g/mol. The van der Waals surface area contributed by atoms with E-state index in [0.29, 0.717) is 22.6 Å². The molecule has 0 fully saturated rings. The third-order valence-corrected chi connectivity index (χ3v) is 5.13. The minimum Gasteiger partial charge on any atom is -0.465 e. The van der Waals surface area contributed by atoms with Crippen LogP contribution in [0.15, 0.2) is 4.42 Å². The van der Waals surface area contributed by atoms with Crippen LogP contribution in [0.2, 0.25) is 0 Å². The highest BCUT2D eigenvalue weighted by Crippen LogP contribution is 2.33. The first kappa shape index (κ1) is 21.5. The summed E-state index contributed by atoms with van der Waals surface area (Å²) in [5, 5.41) is 0.0964. The lowest BCUT2D eigenvalue weighted by molar-refractivity contribution is 0.0435. The largest absolute Gasteiger partial charge is 0.465 e. The number of furan rings is 1. The molecule has 0 amide bonds. The molecule has 8 nitrogen and oxygen atoms in total. The van der Waals surface area contributed by atoms with Gasteiger partial charge in [-0.15, -0.1) is 11.3 Å². The van der Waals surface area contributed by atoms with Gasteiger partial charge in [-0.3, -0.25) is 0 Å². The number of hydrogen-bond donors (Lipinski definition) is 1. The third kappa shape index (κ3) is 4.19. The van der Waals surface area contributed by atoms with Crippen LogP contribution in [0.1, 0.15) is 66.9 Å². The van der Waals surface area contributed by atoms with Crippen LogP contribution in [-0.2, 0) is 20.8 Å². The van der Waals surface area contributed by atoms with Gasteiger partial charge in [0.25, 0.3) is 0 Å². The summed E-state index contributed by atoms with van der Waals surface area (Å²) in [4.78, 5) is 37.2. The van der Waals surface area contributed by atoms with Crippen LogP contribution in [0.5, 0.6) is 0 Å². The molecule has 2 N–H and O–H groups in total. The van der Waals surface area contributed by atoms with Gasteiger partial charge in [0.05, 0.1) is 13.2 Å². The summed E-state index contributed by atoms with van der Waals surface area (Å²) in [6.45, 7) is 8.42. The summed E-state index contributed by atoms with van der Waals surface area (Å²) in [5.74, 6) is -0.914.